The first kappa shape index (κ1) is 19.3. The summed E-state index contributed by atoms with van der Waals surface area (Å²) in [7, 11) is 0. The van der Waals surface area contributed by atoms with Gasteiger partial charge in [0.2, 0.25) is 0 Å². The topological polar surface area (TPSA) is 61.0 Å². The molecule has 146 valence electrons. The van der Waals surface area contributed by atoms with E-state index >= 15 is 0 Å². The summed E-state index contributed by atoms with van der Waals surface area (Å²) >= 11 is 0. The Bertz CT molecular complexity index is 796. The number of nitrogens with one attached hydrogen (secondary N) is 2. The van der Waals surface area contributed by atoms with Crippen molar-refractivity contribution in [3.8, 4) is 0 Å². The third-order valence-corrected chi connectivity index (χ3v) is 5.01. The molecule has 0 saturated carbocycles. The number of carbonyl (C=O) groups is 1. The lowest BCUT2D eigenvalue weighted by Crippen LogP contribution is -2.38. The number of rotatable bonds is 2. The van der Waals surface area contributed by atoms with Crippen LogP contribution in [0.2, 0.25) is 0 Å². The molecule has 1 aromatic carbocycles. The molecule has 2 aromatic rings. The summed E-state index contributed by atoms with van der Waals surface area (Å²) in [5.41, 5.74) is 1.58. The molecule has 5 nitrogen and oxygen atoms in total. The number of aromatic amines is 1. The van der Waals surface area contributed by atoms with Crippen LogP contribution in [-0.4, -0.2) is 27.7 Å². The quantitative estimate of drug-likeness (QED) is 0.753. The molecular formula is C19H23F3N4O. The number of urea groups is 1. The highest BCUT2D eigenvalue weighted by Crippen LogP contribution is 2.36. The van der Waals surface area contributed by atoms with Crippen LogP contribution in [-0.2, 0) is 6.18 Å². The molecular weight excluding hydrogens is 357 g/mol. The van der Waals surface area contributed by atoms with Crippen molar-refractivity contribution in [2.75, 3.05) is 11.9 Å². The van der Waals surface area contributed by atoms with E-state index in [1.807, 2.05) is 13.8 Å². The van der Waals surface area contributed by atoms with Gasteiger partial charge in [0.25, 0.3) is 0 Å². The number of H-pyrrole nitrogens is 1. The van der Waals surface area contributed by atoms with E-state index < -0.39 is 17.8 Å². The van der Waals surface area contributed by atoms with Gasteiger partial charge in [0.1, 0.15) is 0 Å². The van der Waals surface area contributed by atoms with Gasteiger partial charge < -0.3 is 10.2 Å². The molecule has 1 aliphatic rings. The lowest BCUT2D eigenvalue weighted by molar-refractivity contribution is -0.136. The molecule has 0 radical (unpaired) electrons. The second kappa shape index (κ2) is 7.62. The summed E-state index contributed by atoms with van der Waals surface area (Å²) in [6.07, 6.45) is -1.01. The normalized spacial score (nSPS) is 18.3. The van der Waals surface area contributed by atoms with Crippen molar-refractivity contribution in [2.45, 2.75) is 51.7 Å². The average molecular weight is 380 g/mol. The van der Waals surface area contributed by atoms with E-state index in [1.165, 1.54) is 18.2 Å². The van der Waals surface area contributed by atoms with Gasteiger partial charge in [-0.15, -0.1) is 0 Å². The third kappa shape index (κ3) is 4.09. The summed E-state index contributed by atoms with van der Waals surface area (Å²) in [5.74, 6) is 0. The second-order valence-corrected chi connectivity index (χ2v) is 6.88. The number of para-hydroxylation sites is 1. The largest absolute Gasteiger partial charge is 0.418 e. The van der Waals surface area contributed by atoms with Gasteiger partial charge in [0.15, 0.2) is 0 Å². The van der Waals surface area contributed by atoms with Gasteiger partial charge in [-0.2, -0.15) is 18.3 Å². The maximum absolute atomic E-state index is 13.2. The van der Waals surface area contributed by atoms with E-state index in [9.17, 15) is 18.0 Å². The fourth-order valence-corrected chi connectivity index (χ4v) is 3.73. The Morgan fingerprint density at radius 1 is 1.22 bits per heavy atom. The Labute approximate surface area is 155 Å². The van der Waals surface area contributed by atoms with Crippen LogP contribution >= 0.6 is 0 Å². The Balaban J connectivity index is 1.90. The highest BCUT2D eigenvalue weighted by Gasteiger charge is 2.35. The number of benzene rings is 1. The van der Waals surface area contributed by atoms with Crippen LogP contribution < -0.4 is 5.32 Å². The number of halogens is 3. The molecule has 0 spiro atoms. The van der Waals surface area contributed by atoms with Crippen molar-refractivity contribution < 1.29 is 18.0 Å². The summed E-state index contributed by atoms with van der Waals surface area (Å²) in [6, 6.07) is 4.32. The highest BCUT2D eigenvalue weighted by molar-refractivity contribution is 5.90. The Morgan fingerprint density at radius 2 is 1.96 bits per heavy atom. The molecule has 8 heteroatoms. The van der Waals surface area contributed by atoms with Gasteiger partial charge in [-0.05, 0) is 38.8 Å². The van der Waals surface area contributed by atoms with Crippen LogP contribution in [0.4, 0.5) is 23.7 Å². The van der Waals surface area contributed by atoms with Crippen LogP contribution in [0.3, 0.4) is 0 Å². The molecule has 1 fully saturated rings. The predicted octanol–water partition coefficient (Wildman–Crippen LogP) is 5.19. The molecule has 2 heterocycles. The monoisotopic (exact) mass is 380 g/mol. The van der Waals surface area contributed by atoms with Crippen LogP contribution in [0, 0.1) is 13.8 Å². The minimum Gasteiger partial charge on any atom is -0.317 e. The van der Waals surface area contributed by atoms with Crippen molar-refractivity contribution in [3.63, 3.8) is 0 Å². The van der Waals surface area contributed by atoms with Gasteiger partial charge in [-0.3, -0.25) is 5.10 Å². The molecule has 0 bridgehead atoms. The first-order chi connectivity index (χ1) is 12.8. The molecule has 0 unspecified atom stereocenters. The number of likely N-dealkylation sites (tertiary alicyclic amines) is 1. The zero-order valence-corrected chi connectivity index (χ0v) is 15.4. The van der Waals surface area contributed by atoms with E-state index in [0.717, 1.165) is 48.7 Å². The molecule has 2 N–H and O–H groups in total. The molecule has 3 rings (SSSR count). The van der Waals surface area contributed by atoms with Gasteiger partial charge in [-0.1, -0.05) is 25.0 Å². The first-order valence-electron chi connectivity index (χ1n) is 9.04. The summed E-state index contributed by atoms with van der Waals surface area (Å²) in [5, 5.41) is 9.63. The van der Waals surface area contributed by atoms with E-state index in [1.54, 1.807) is 4.90 Å². The summed E-state index contributed by atoms with van der Waals surface area (Å²) in [6.45, 7) is 4.27. The number of alkyl halides is 3. The Hall–Kier alpha value is -2.51. The van der Waals surface area contributed by atoms with Crippen molar-refractivity contribution in [1.29, 1.82) is 0 Å². The molecule has 0 aliphatic carbocycles. The number of hydrogen-bond acceptors (Lipinski definition) is 2. The molecule has 1 aromatic heterocycles. The van der Waals surface area contributed by atoms with Gasteiger partial charge >= 0.3 is 12.2 Å². The number of anilines is 1. The molecule has 1 saturated heterocycles. The number of hydrogen-bond donors (Lipinski definition) is 2. The maximum Gasteiger partial charge on any atom is 0.418 e. The van der Waals surface area contributed by atoms with Crippen molar-refractivity contribution in [1.82, 2.24) is 15.1 Å². The standard InChI is InChI=1S/C19H23F3N4O/c1-12-17(13(2)25-24-12)16-10-4-3-7-11-26(16)18(27)23-15-9-6-5-8-14(15)19(20,21)22/h5-6,8-9,16H,3-4,7,10-11H2,1-2H3,(H,23,27)(H,24,25)/t16-/m0/s1. The fraction of sp³-hybridized carbons (Fsp3) is 0.474. The third-order valence-electron chi connectivity index (χ3n) is 5.01. The van der Waals surface area contributed by atoms with E-state index in [4.69, 9.17) is 0 Å². The Kier molecular flexibility index (Phi) is 5.43. The van der Waals surface area contributed by atoms with Crippen LogP contribution in [0.1, 0.15) is 54.2 Å². The molecule has 2 amide bonds. The number of carbonyl (C=O) groups excluding carboxylic acids is 1. The van der Waals surface area contributed by atoms with Gasteiger partial charge in [0, 0.05) is 17.8 Å². The summed E-state index contributed by atoms with van der Waals surface area (Å²) < 4.78 is 39.7. The fourth-order valence-electron chi connectivity index (χ4n) is 3.73. The van der Waals surface area contributed by atoms with Crippen LogP contribution in [0.15, 0.2) is 24.3 Å². The zero-order valence-electron chi connectivity index (χ0n) is 15.4. The van der Waals surface area contributed by atoms with Gasteiger partial charge in [0.05, 0.1) is 23.0 Å². The molecule has 27 heavy (non-hydrogen) atoms. The van der Waals surface area contributed by atoms with Crippen molar-refractivity contribution in [3.05, 3.63) is 46.8 Å². The first-order valence-corrected chi connectivity index (χ1v) is 9.04. The van der Waals surface area contributed by atoms with Gasteiger partial charge in [-0.25, -0.2) is 4.79 Å². The van der Waals surface area contributed by atoms with E-state index in [-0.39, 0.29) is 11.7 Å². The number of amides is 2. The van der Waals surface area contributed by atoms with Crippen LogP contribution in [0.25, 0.3) is 0 Å². The highest BCUT2D eigenvalue weighted by atomic mass is 19.4. The maximum atomic E-state index is 13.2. The number of aromatic nitrogens is 2. The van der Waals surface area contributed by atoms with Crippen LogP contribution in [0.5, 0.6) is 0 Å². The minimum atomic E-state index is -4.53. The lowest BCUT2D eigenvalue weighted by atomic mass is 9.99. The lowest BCUT2D eigenvalue weighted by Gasteiger charge is -2.31. The SMILES string of the molecule is Cc1n[nH]c(C)c1[C@@H]1CCCCCN1C(=O)Nc1ccccc1C(F)(F)F. The smallest absolute Gasteiger partial charge is 0.317 e. The van der Waals surface area contributed by atoms with Crippen molar-refractivity contribution in [2.24, 2.45) is 0 Å². The minimum absolute atomic E-state index is 0.204. The summed E-state index contributed by atoms with van der Waals surface area (Å²) in [4.78, 5) is 14.6. The number of aryl methyl sites for hydroxylation is 2. The van der Waals surface area contributed by atoms with E-state index in [0.29, 0.717) is 6.54 Å². The van der Waals surface area contributed by atoms with E-state index in [2.05, 4.69) is 15.5 Å². The Morgan fingerprint density at radius 3 is 2.63 bits per heavy atom. The average Bonchev–Trinajstić information content (AvgIpc) is 2.81. The molecule has 1 atom stereocenters. The second-order valence-electron chi connectivity index (χ2n) is 6.88. The zero-order chi connectivity index (χ0) is 19.6. The number of nitrogens with zero attached hydrogens (tertiary/aromatic N) is 2. The molecule has 1 aliphatic heterocycles. The predicted molar refractivity (Wildman–Crippen MR) is 96.4 cm³/mol. The van der Waals surface area contributed by atoms with Crippen molar-refractivity contribution >= 4 is 11.7 Å².